The van der Waals surface area contributed by atoms with Gasteiger partial charge >= 0.3 is 0 Å². The van der Waals surface area contributed by atoms with E-state index in [0.717, 1.165) is 11.1 Å². The van der Waals surface area contributed by atoms with Gasteiger partial charge in [-0.05, 0) is 29.8 Å². The fraction of sp³-hybridized carbons (Fsp3) is 0.0769. The van der Waals surface area contributed by atoms with Gasteiger partial charge in [0.1, 0.15) is 0 Å². The van der Waals surface area contributed by atoms with Crippen LogP contribution in [0.5, 0.6) is 0 Å². The molecule has 0 fully saturated rings. The average molecular weight is 287 g/mol. The van der Waals surface area contributed by atoms with Crippen LogP contribution in [0.2, 0.25) is 15.1 Å². The summed E-state index contributed by atoms with van der Waals surface area (Å²) in [4.78, 5) is 0. The Kier molecular flexibility index (Phi) is 3.95. The minimum absolute atomic E-state index is 0.353. The van der Waals surface area contributed by atoms with Gasteiger partial charge in [-0.2, -0.15) is 0 Å². The summed E-state index contributed by atoms with van der Waals surface area (Å²) in [6.07, 6.45) is 0. The van der Waals surface area contributed by atoms with Crippen molar-refractivity contribution in [3.8, 4) is 0 Å². The first-order chi connectivity index (χ1) is 8.09. The van der Waals surface area contributed by atoms with E-state index in [1.54, 1.807) is 30.3 Å². The number of rotatable bonds is 2. The Bertz CT molecular complexity index is 502. The molecule has 1 unspecified atom stereocenters. The van der Waals surface area contributed by atoms with Crippen LogP contribution in [0.1, 0.15) is 17.2 Å². The van der Waals surface area contributed by atoms with Crippen molar-refractivity contribution in [3.63, 3.8) is 0 Å². The zero-order valence-electron chi connectivity index (χ0n) is 8.83. The van der Waals surface area contributed by atoms with E-state index in [-0.39, 0.29) is 6.04 Å². The third-order valence-corrected chi connectivity index (χ3v) is 3.45. The maximum Gasteiger partial charge on any atom is 0.0581 e. The number of hydrogen-bond donors (Lipinski definition) is 1. The van der Waals surface area contributed by atoms with Gasteiger partial charge in [0.05, 0.1) is 6.04 Å². The van der Waals surface area contributed by atoms with Gasteiger partial charge in [-0.3, -0.25) is 0 Å². The summed E-state index contributed by atoms with van der Waals surface area (Å²) in [7, 11) is 0. The molecule has 0 spiro atoms. The molecular formula is C13H10Cl3N. The number of halogens is 3. The first-order valence-corrected chi connectivity index (χ1v) is 6.18. The molecule has 1 atom stereocenters. The Balaban J connectivity index is 2.43. The summed E-state index contributed by atoms with van der Waals surface area (Å²) >= 11 is 18.1. The second-order valence-corrected chi connectivity index (χ2v) is 4.92. The highest BCUT2D eigenvalue weighted by atomic mass is 35.5. The predicted molar refractivity (Wildman–Crippen MR) is 73.9 cm³/mol. The van der Waals surface area contributed by atoms with Crippen LogP contribution in [0.4, 0.5) is 0 Å². The zero-order valence-corrected chi connectivity index (χ0v) is 11.1. The number of benzene rings is 2. The zero-order chi connectivity index (χ0) is 12.4. The van der Waals surface area contributed by atoms with E-state index in [2.05, 4.69) is 0 Å². The van der Waals surface area contributed by atoms with Crippen LogP contribution in [0.3, 0.4) is 0 Å². The standard InChI is InChI=1S/C13H10Cl3N/c14-9-6-4-8(5-7-9)13(17)12-10(15)2-1-3-11(12)16/h1-7,13H,17H2. The SMILES string of the molecule is NC(c1ccc(Cl)cc1)c1c(Cl)cccc1Cl. The smallest absolute Gasteiger partial charge is 0.0581 e. The monoisotopic (exact) mass is 285 g/mol. The van der Waals surface area contributed by atoms with E-state index in [1.807, 2.05) is 12.1 Å². The summed E-state index contributed by atoms with van der Waals surface area (Å²) in [5, 5.41) is 1.81. The van der Waals surface area contributed by atoms with Crippen molar-refractivity contribution in [1.29, 1.82) is 0 Å². The highest BCUT2D eigenvalue weighted by Crippen LogP contribution is 2.32. The Hall–Kier alpha value is -0.730. The molecule has 4 heteroatoms. The molecular weight excluding hydrogens is 277 g/mol. The Labute approximate surface area is 115 Å². The molecule has 88 valence electrons. The molecule has 2 rings (SSSR count). The average Bonchev–Trinajstić information content (AvgIpc) is 2.29. The van der Waals surface area contributed by atoms with Crippen molar-refractivity contribution < 1.29 is 0 Å². The van der Waals surface area contributed by atoms with Gasteiger partial charge in [0.15, 0.2) is 0 Å². The lowest BCUT2D eigenvalue weighted by atomic mass is 9.99. The van der Waals surface area contributed by atoms with E-state index in [4.69, 9.17) is 40.5 Å². The summed E-state index contributed by atoms with van der Waals surface area (Å²) < 4.78 is 0. The van der Waals surface area contributed by atoms with E-state index < -0.39 is 0 Å². The van der Waals surface area contributed by atoms with Gasteiger partial charge in [0, 0.05) is 20.6 Å². The van der Waals surface area contributed by atoms with E-state index in [1.165, 1.54) is 0 Å². The second-order valence-electron chi connectivity index (χ2n) is 3.66. The number of hydrogen-bond acceptors (Lipinski definition) is 1. The van der Waals surface area contributed by atoms with Gasteiger partial charge < -0.3 is 5.73 Å². The van der Waals surface area contributed by atoms with E-state index >= 15 is 0 Å². The summed E-state index contributed by atoms with van der Waals surface area (Å²) in [6.45, 7) is 0. The summed E-state index contributed by atoms with van der Waals surface area (Å²) in [6, 6.07) is 12.3. The molecule has 0 radical (unpaired) electrons. The highest BCUT2D eigenvalue weighted by Gasteiger charge is 2.15. The van der Waals surface area contributed by atoms with Crippen molar-refractivity contribution in [3.05, 3.63) is 68.7 Å². The van der Waals surface area contributed by atoms with Crippen molar-refractivity contribution >= 4 is 34.8 Å². The first kappa shape index (κ1) is 12.7. The minimum atomic E-state index is -0.353. The van der Waals surface area contributed by atoms with E-state index in [9.17, 15) is 0 Å². The number of nitrogens with two attached hydrogens (primary N) is 1. The Morgan fingerprint density at radius 3 is 1.88 bits per heavy atom. The van der Waals surface area contributed by atoms with Crippen molar-refractivity contribution in [2.75, 3.05) is 0 Å². The topological polar surface area (TPSA) is 26.0 Å². The molecule has 2 aromatic carbocycles. The molecule has 2 aromatic rings. The minimum Gasteiger partial charge on any atom is -0.320 e. The van der Waals surface area contributed by atoms with Crippen LogP contribution in [0.25, 0.3) is 0 Å². The van der Waals surface area contributed by atoms with Crippen molar-refractivity contribution in [2.45, 2.75) is 6.04 Å². The molecule has 0 amide bonds. The van der Waals surface area contributed by atoms with Crippen LogP contribution >= 0.6 is 34.8 Å². The van der Waals surface area contributed by atoms with Crippen molar-refractivity contribution in [2.24, 2.45) is 5.73 Å². The molecule has 0 aliphatic carbocycles. The molecule has 0 aromatic heterocycles. The fourth-order valence-electron chi connectivity index (χ4n) is 1.64. The molecule has 17 heavy (non-hydrogen) atoms. The molecule has 0 bridgehead atoms. The van der Waals surface area contributed by atoms with Crippen LogP contribution in [-0.4, -0.2) is 0 Å². The highest BCUT2D eigenvalue weighted by molar-refractivity contribution is 6.36. The molecule has 0 heterocycles. The molecule has 0 saturated heterocycles. The van der Waals surface area contributed by atoms with Gasteiger partial charge in [0.2, 0.25) is 0 Å². The Morgan fingerprint density at radius 1 is 0.824 bits per heavy atom. The maximum absolute atomic E-state index is 6.16. The quantitative estimate of drug-likeness (QED) is 0.851. The normalized spacial score (nSPS) is 12.5. The maximum atomic E-state index is 6.16. The lowest BCUT2D eigenvalue weighted by Crippen LogP contribution is -2.12. The van der Waals surface area contributed by atoms with Crippen molar-refractivity contribution in [1.82, 2.24) is 0 Å². The lowest BCUT2D eigenvalue weighted by molar-refractivity contribution is 0.872. The lowest BCUT2D eigenvalue weighted by Gasteiger charge is -2.15. The molecule has 1 nitrogen and oxygen atoms in total. The van der Waals surface area contributed by atoms with Crippen LogP contribution < -0.4 is 5.73 Å². The van der Waals surface area contributed by atoms with Gasteiger partial charge in [-0.1, -0.05) is 53.0 Å². The summed E-state index contributed by atoms with van der Waals surface area (Å²) in [5.74, 6) is 0. The molecule has 2 N–H and O–H groups in total. The van der Waals surface area contributed by atoms with Crippen LogP contribution in [0.15, 0.2) is 42.5 Å². The van der Waals surface area contributed by atoms with Crippen LogP contribution in [-0.2, 0) is 0 Å². The third kappa shape index (κ3) is 2.75. The second kappa shape index (κ2) is 5.28. The molecule has 0 aliphatic rings. The largest absolute Gasteiger partial charge is 0.320 e. The Morgan fingerprint density at radius 2 is 1.35 bits per heavy atom. The third-order valence-electron chi connectivity index (χ3n) is 2.54. The van der Waals surface area contributed by atoms with Gasteiger partial charge in [0.25, 0.3) is 0 Å². The van der Waals surface area contributed by atoms with E-state index in [0.29, 0.717) is 15.1 Å². The fourth-order valence-corrected chi connectivity index (χ4v) is 2.40. The van der Waals surface area contributed by atoms with Crippen LogP contribution in [0, 0.1) is 0 Å². The molecule has 0 saturated carbocycles. The van der Waals surface area contributed by atoms with Gasteiger partial charge in [-0.25, -0.2) is 0 Å². The summed E-state index contributed by atoms with van der Waals surface area (Å²) in [5.41, 5.74) is 7.81. The first-order valence-electron chi connectivity index (χ1n) is 5.04. The predicted octanol–water partition coefficient (Wildman–Crippen LogP) is 4.69. The van der Waals surface area contributed by atoms with Gasteiger partial charge in [-0.15, -0.1) is 0 Å². The molecule has 0 aliphatic heterocycles.